The van der Waals surface area contributed by atoms with Gasteiger partial charge in [0.15, 0.2) is 5.84 Å². The van der Waals surface area contributed by atoms with Crippen LogP contribution in [0.3, 0.4) is 0 Å². The Morgan fingerprint density at radius 3 is 2.78 bits per heavy atom. The Morgan fingerprint density at radius 2 is 2.17 bits per heavy atom. The van der Waals surface area contributed by atoms with E-state index in [2.05, 4.69) is 19.9 Å². The first-order chi connectivity index (χ1) is 8.70. The molecule has 1 aromatic heterocycles. The van der Waals surface area contributed by atoms with E-state index < -0.39 is 0 Å². The lowest BCUT2D eigenvalue weighted by molar-refractivity contribution is 0.278. The van der Waals surface area contributed by atoms with Gasteiger partial charge in [-0.3, -0.25) is 4.90 Å². The summed E-state index contributed by atoms with van der Waals surface area (Å²) in [4.78, 5) is 8.56. The molecule has 1 fully saturated rings. The van der Waals surface area contributed by atoms with Gasteiger partial charge < -0.3 is 15.8 Å². The van der Waals surface area contributed by atoms with E-state index in [1.165, 1.54) is 0 Å². The van der Waals surface area contributed by atoms with Gasteiger partial charge in [-0.25, -0.2) is 4.98 Å². The maximum atomic E-state index is 8.53. The second-order valence-corrected chi connectivity index (χ2v) is 4.57. The van der Waals surface area contributed by atoms with Crippen LogP contribution in [-0.4, -0.2) is 53.7 Å². The van der Waals surface area contributed by atoms with Crippen molar-refractivity contribution in [2.24, 2.45) is 10.9 Å². The highest BCUT2D eigenvalue weighted by Gasteiger charge is 2.20. The van der Waals surface area contributed by atoms with Crippen molar-refractivity contribution in [3.05, 3.63) is 23.4 Å². The summed E-state index contributed by atoms with van der Waals surface area (Å²) >= 11 is 6.11. The highest BCUT2D eigenvalue weighted by atomic mass is 35.5. The lowest BCUT2D eigenvalue weighted by Crippen LogP contribution is -2.49. The maximum absolute atomic E-state index is 8.53. The summed E-state index contributed by atoms with van der Waals surface area (Å²) in [6.45, 7) is 3.82. The maximum Gasteiger partial charge on any atom is 0.153 e. The molecule has 7 heteroatoms. The van der Waals surface area contributed by atoms with Crippen LogP contribution >= 0.6 is 11.6 Å². The van der Waals surface area contributed by atoms with Gasteiger partial charge in [0, 0.05) is 32.4 Å². The van der Waals surface area contributed by atoms with Crippen LogP contribution in [0.15, 0.2) is 23.5 Å². The molecule has 0 spiro atoms. The van der Waals surface area contributed by atoms with Gasteiger partial charge in [-0.1, -0.05) is 16.8 Å². The fourth-order valence-corrected chi connectivity index (χ4v) is 2.23. The molecule has 0 atom stereocenters. The zero-order valence-corrected chi connectivity index (χ0v) is 10.7. The number of rotatable bonds is 3. The predicted octanol–water partition coefficient (Wildman–Crippen LogP) is 0.603. The van der Waals surface area contributed by atoms with Crippen molar-refractivity contribution in [3.8, 4) is 0 Å². The lowest BCUT2D eigenvalue weighted by atomic mass is 10.3. The van der Waals surface area contributed by atoms with Crippen molar-refractivity contribution in [3.63, 3.8) is 0 Å². The molecule has 18 heavy (non-hydrogen) atoms. The Hall–Kier alpha value is -1.53. The highest BCUT2D eigenvalue weighted by Crippen LogP contribution is 2.23. The Bertz CT molecular complexity index is 431. The van der Waals surface area contributed by atoms with Crippen molar-refractivity contribution in [1.29, 1.82) is 0 Å². The third-order valence-electron chi connectivity index (χ3n) is 2.92. The van der Waals surface area contributed by atoms with Crippen LogP contribution < -0.4 is 10.6 Å². The first-order valence-corrected chi connectivity index (χ1v) is 6.12. The summed E-state index contributed by atoms with van der Waals surface area (Å²) in [6, 6.07) is 3.66. The Labute approximate surface area is 111 Å². The number of nitrogens with zero attached hydrogens (tertiary/aromatic N) is 4. The number of pyridine rings is 1. The largest absolute Gasteiger partial charge is 0.409 e. The quantitative estimate of drug-likeness (QED) is 0.364. The van der Waals surface area contributed by atoms with Crippen LogP contribution in [0, 0.1) is 0 Å². The molecule has 98 valence electrons. The fourth-order valence-electron chi connectivity index (χ4n) is 1.99. The molecule has 0 bridgehead atoms. The summed E-state index contributed by atoms with van der Waals surface area (Å²) < 4.78 is 0. The molecule has 0 saturated carbocycles. The molecule has 1 aliphatic heterocycles. The smallest absolute Gasteiger partial charge is 0.153 e. The summed E-state index contributed by atoms with van der Waals surface area (Å²) in [5.41, 5.74) is 5.48. The molecule has 0 aliphatic carbocycles. The summed E-state index contributed by atoms with van der Waals surface area (Å²) in [5.74, 6) is 1.06. The minimum atomic E-state index is 0.235. The van der Waals surface area contributed by atoms with Crippen LogP contribution in [0.1, 0.15) is 0 Å². The van der Waals surface area contributed by atoms with Crippen molar-refractivity contribution < 1.29 is 5.21 Å². The number of piperazine rings is 1. The van der Waals surface area contributed by atoms with Gasteiger partial charge in [-0.05, 0) is 12.1 Å². The van der Waals surface area contributed by atoms with Crippen molar-refractivity contribution >= 4 is 23.3 Å². The second kappa shape index (κ2) is 5.88. The van der Waals surface area contributed by atoms with E-state index in [1.807, 2.05) is 12.1 Å². The van der Waals surface area contributed by atoms with Crippen molar-refractivity contribution in [1.82, 2.24) is 9.88 Å². The number of amidine groups is 1. The average Bonchev–Trinajstić information content (AvgIpc) is 2.40. The van der Waals surface area contributed by atoms with E-state index in [-0.39, 0.29) is 5.84 Å². The van der Waals surface area contributed by atoms with E-state index >= 15 is 0 Å². The van der Waals surface area contributed by atoms with E-state index in [9.17, 15) is 0 Å². The molecule has 0 radical (unpaired) electrons. The Morgan fingerprint density at radius 1 is 1.44 bits per heavy atom. The molecule has 0 amide bonds. The molecular formula is C11H16ClN5O. The highest BCUT2D eigenvalue weighted by molar-refractivity contribution is 6.32. The molecule has 1 aromatic rings. The van der Waals surface area contributed by atoms with Crippen LogP contribution in [-0.2, 0) is 0 Å². The monoisotopic (exact) mass is 269 g/mol. The van der Waals surface area contributed by atoms with Gasteiger partial charge in [-0.2, -0.15) is 0 Å². The second-order valence-electron chi connectivity index (χ2n) is 4.16. The molecule has 2 rings (SSSR count). The standard InChI is InChI=1S/C11H16ClN5O/c12-9-2-1-3-14-11(9)17-6-4-16(5-7-17)8-10(13)15-18/h1-3,18H,4-8H2,(H2,13,15). The molecule has 0 aromatic carbocycles. The normalized spacial score (nSPS) is 18.1. The number of oxime groups is 1. The number of hydrogen-bond donors (Lipinski definition) is 2. The van der Waals surface area contributed by atoms with Gasteiger partial charge in [0.2, 0.25) is 0 Å². The topological polar surface area (TPSA) is 78.0 Å². The number of aromatic nitrogens is 1. The van der Waals surface area contributed by atoms with Crippen LogP contribution in [0.2, 0.25) is 5.02 Å². The molecule has 6 nitrogen and oxygen atoms in total. The van der Waals surface area contributed by atoms with Gasteiger partial charge in [0.1, 0.15) is 5.82 Å². The zero-order chi connectivity index (χ0) is 13.0. The molecule has 0 unspecified atom stereocenters. The van der Waals surface area contributed by atoms with Crippen molar-refractivity contribution in [2.45, 2.75) is 0 Å². The number of nitrogens with two attached hydrogens (primary N) is 1. The summed E-state index contributed by atoms with van der Waals surface area (Å²) in [6.07, 6.45) is 1.74. The number of anilines is 1. The molecule has 1 aliphatic rings. The Balaban J connectivity index is 1.93. The third-order valence-corrected chi connectivity index (χ3v) is 3.22. The first-order valence-electron chi connectivity index (χ1n) is 5.75. The van der Waals surface area contributed by atoms with Gasteiger partial charge in [-0.15, -0.1) is 0 Å². The molecule has 2 heterocycles. The molecule has 1 saturated heterocycles. The minimum absolute atomic E-state index is 0.235. The van der Waals surface area contributed by atoms with E-state index in [1.54, 1.807) is 6.20 Å². The van der Waals surface area contributed by atoms with E-state index in [4.69, 9.17) is 22.5 Å². The SMILES string of the molecule is NC(CN1CCN(c2ncccc2Cl)CC1)=NO. The van der Waals surface area contributed by atoms with Crippen LogP contribution in [0.5, 0.6) is 0 Å². The zero-order valence-electron chi connectivity index (χ0n) is 9.96. The molecule has 3 N–H and O–H groups in total. The van der Waals surface area contributed by atoms with E-state index in [0.717, 1.165) is 32.0 Å². The average molecular weight is 270 g/mol. The van der Waals surface area contributed by atoms with Crippen LogP contribution in [0.25, 0.3) is 0 Å². The Kier molecular flexibility index (Phi) is 4.22. The van der Waals surface area contributed by atoms with Gasteiger partial charge in [0.25, 0.3) is 0 Å². The van der Waals surface area contributed by atoms with Crippen molar-refractivity contribution in [2.75, 3.05) is 37.6 Å². The van der Waals surface area contributed by atoms with Gasteiger partial charge >= 0.3 is 0 Å². The summed E-state index contributed by atoms with van der Waals surface area (Å²) in [5, 5.41) is 12.2. The molecular weight excluding hydrogens is 254 g/mol. The van der Waals surface area contributed by atoms with Gasteiger partial charge in [0.05, 0.1) is 11.6 Å². The summed E-state index contributed by atoms with van der Waals surface area (Å²) in [7, 11) is 0. The third kappa shape index (κ3) is 3.02. The lowest BCUT2D eigenvalue weighted by Gasteiger charge is -2.35. The van der Waals surface area contributed by atoms with Crippen LogP contribution in [0.4, 0.5) is 5.82 Å². The number of halogens is 1. The van der Waals surface area contributed by atoms with E-state index in [0.29, 0.717) is 11.6 Å². The minimum Gasteiger partial charge on any atom is -0.409 e. The predicted molar refractivity (Wildman–Crippen MR) is 71.3 cm³/mol. The first kappa shape index (κ1) is 12.9. The fraction of sp³-hybridized carbons (Fsp3) is 0.455. The number of hydrogen-bond acceptors (Lipinski definition) is 5.